The minimum absolute atomic E-state index is 0.134. The number of hydrogen-bond donors (Lipinski definition) is 0. The molecule has 5 heteroatoms. The molecule has 2 heterocycles. The summed E-state index contributed by atoms with van der Waals surface area (Å²) in [5, 5.41) is 3.88. The van der Waals surface area contributed by atoms with E-state index in [1.165, 1.54) is 16.8 Å². The van der Waals surface area contributed by atoms with E-state index in [9.17, 15) is 8.78 Å². The van der Waals surface area contributed by atoms with Gasteiger partial charge in [-0.3, -0.25) is 0 Å². The number of hydrogen-bond acceptors (Lipinski definition) is 2. The molecule has 0 spiro atoms. The monoisotopic (exact) mass is 184 g/mol. The maximum Gasteiger partial charge on any atom is 0.387 e. The Morgan fingerprint density at radius 2 is 2.23 bits per heavy atom. The standard InChI is InChI=1S/C8H6F2N2O/c9-8(10)13-7-2-1-5-12-6(7)3-4-11-12/h1-5,8H. The number of ether oxygens (including phenoxy) is 1. The molecule has 2 rings (SSSR count). The fraction of sp³-hybridized carbons (Fsp3) is 0.125. The minimum atomic E-state index is -2.80. The van der Waals surface area contributed by atoms with Gasteiger partial charge in [0.05, 0.1) is 6.20 Å². The highest BCUT2D eigenvalue weighted by Gasteiger charge is 2.07. The molecule has 0 aromatic carbocycles. The van der Waals surface area contributed by atoms with Gasteiger partial charge in [-0.1, -0.05) is 0 Å². The molecule has 0 aliphatic carbocycles. The first-order valence-corrected chi connectivity index (χ1v) is 3.64. The molecule has 0 bridgehead atoms. The Balaban J connectivity index is 2.48. The average molecular weight is 184 g/mol. The van der Waals surface area contributed by atoms with E-state index in [0.717, 1.165) is 0 Å². The number of aromatic nitrogens is 2. The van der Waals surface area contributed by atoms with Crippen molar-refractivity contribution in [3.05, 3.63) is 30.6 Å². The zero-order valence-corrected chi connectivity index (χ0v) is 6.52. The summed E-state index contributed by atoms with van der Waals surface area (Å²) in [6.07, 6.45) is 3.18. The van der Waals surface area contributed by atoms with E-state index in [0.29, 0.717) is 5.52 Å². The Bertz CT molecular complexity index is 413. The summed E-state index contributed by atoms with van der Waals surface area (Å²) in [5.41, 5.74) is 0.530. The third-order valence-electron chi connectivity index (χ3n) is 1.61. The topological polar surface area (TPSA) is 26.5 Å². The molecule has 0 aliphatic rings. The Labute approximate surface area is 72.5 Å². The van der Waals surface area contributed by atoms with Gasteiger partial charge in [-0.25, -0.2) is 4.52 Å². The van der Waals surface area contributed by atoms with Crippen molar-refractivity contribution in [1.29, 1.82) is 0 Å². The van der Waals surface area contributed by atoms with Crippen LogP contribution in [0.15, 0.2) is 30.6 Å². The van der Waals surface area contributed by atoms with Crippen molar-refractivity contribution in [2.45, 2.75) is 6.61 Å². The van der Waals surface area contributed by atoms with Crippen LogP contribution in [0, 0.1) is 0 Å². The van der Waals surface area contributed by atoms with E-state index in [1.54, 1.807) is 18.3 Å². The zero-order valence-electron chi connectivity index (χ0n) is 6.52. The minimum Gasteiger partial charge on any atom is -0.433 e. The number of alkyl halides is 2. The summed E-state index contributed by atoms with van der Waals surface area (Å²) in [6.45, 7) is -2.80. The summed E-state index contributed by atoms with van der Waals surface area (Å²) in [7, 11) is 0. The van der Waals surface area contributed by atoms with Crippen molar-refractivity contribution >= 4 is 5.52 Å². The second-order valence-corrected chi connectivity index (χ2v) is 2.41. The van der Waals surface area contributed by atoms with Crippen molar-refractivity contribution in [1.82, 2.24) is 9.61 Å². The van der Waals surface area contributed by atoms with Crippen LogP contribution in [0.1, 0.15) is 0 Å². The van der Waals surface area contributed by atoms with E-state index in [4.69, 9.17) is 0 Å². The molecule has 0 N–H and O–H groups in total. The predicted molar refractivity (Wildman–Crippen MR) is 41.8 cm³/mol. The van der Waals surface area contributed by atoms with Crippen LogP contribution >= 0.6 is 0 Å². The van der Waals surface area contributed by atoms with Crippen LogP contribution in [0.4, 0.5) is 8.78 Å². The Kier molecular flexibility index (Phi) is 1.84. The van der Waals surface area contributed by atoms with Crippen molar-refractivity contribution in [3.63, 3.8) is 0 Å². The van der Waals surface area contributed by atoms with E-state index < -0.39 is 6.61 Å². The first-order valence-electron chi connectivity index (χ1n) is 3.64. The molecule has 0 atom stereocenters. The van der Waals surface area contributed by atoms with Crippen molar-refractivity contribution < 1.29 is 13.5 Å². The van der Waals surface area contributed by atoms with Gasteiger partial charge >= 0.3 is 6.61 Å². The first kappa shape index (κ1) is 7.97. The number of rotatable bonds is 2. The van der Waals surface area contributed by atoms with Crippen LogP contribution < -0.4 is 4.74 Å². The molecule has 0 saturated carbocycles. The lowest BCUT2D eigenvalue weighted by atomic mass is 10.4. The van der Waals surface area contributed by atoms with Gasteiger partial charge in [0.2, 0.25) is 0 Å². The SMILES string of the molecule is FC(F)Oc1cccn2nccc12. The van der Waals surface area contributed by atoms with Gasteiger partial charge in [0.1, 0.15) is 5.52 Å². The molecule has 0 unspecified atom stereocenters. The van der Waals surface area contributed by atoms with E-state index in [2.05, 4.69) is 9.84 Å². The summed E-state index contributed by atoms with van der Waals surface area (Å²) in [6, 6.07) is 4.68. The van der Waals surface area contributed by atoms with Gasteiger partial charge in [-0.15, -0.1) is 0 Å². The van der Waals surface area contributed by atoms with Crippen molar-refractivity contribution in [3.8, 4) is 5.75 Å². The number of halogens is 2. The molecule has 68 valence electrons. The predicted octanol–water partition coefficient (Wildman–Crippen LogP) is 1.94. The van der Waals surface area contributed by atoms with Crippen LogP contribution in [0.25, 0.3) is 5.52 Å². The molecule has 3 nitrogen and oxygen atoms in total. The van der Waals surface area contributed by atoms with Crippen LogP contribution in [-0.2, 0) is 0 Å². The highest BCUT2D eigenvalue weighted by molar-refractivity contribution is 5.58. The van der Waals surface area contributed by atoms with Gasteiger partial charge < -0.3 is 4.74 Å². The highest BCUT2D eigenvalue weighted by atomic mass is 19.3. The molecule has 0 amide bonds. The van der Waals surface area contributed by atoms with E-state index >= 15 is 0 Å². The smallest absolute Gasteiger partial charge is 0.387 e. The summed E-state index contributed by atoms with van der Waals surface area (Å²) in [4.78, 5) is 0. The average Bonchev–Trinajstić information content (AvgIpc) is 2.51. The lowest BCUT2D eigenvalue weighted by molar-refractivity contribution is -0.0490. The number of fused-ring (bicyclic) bond motifs is 1. The molecule has 0 fully saturated rings. The number of nitrogens with zero attached hydrogens (tertiary/aromatic N) is 2. The third-order valence-corrected chi connectivity index (χ3v) is 1.61. The first-order chi connectivity index (χ1) is 6.27. The van der Waals surface area contributed by atoms with Crippen molar-refractivity contribution in [2.24, 2.45) is 0 Å². The quantitative estimate of drug-likeness (QED) is 0.712. The molecular formula is C8H6F2N2O. The number of pyridine rings is 1. The molecule has 0 saturated heterocycles. The van der Waals surface area contributed by atoms with Crippen LogP contribution in [0.5, 0.6) is 5.75 Å². The van der Waals surface area contributed by atoms with Crippen LogP contribution in [0.2, 0.25) is 0 Å². The van der Waals surface area contributed by atoms with Gasteiger partial charge in [0.15, 0.2) is 5.75 Å². The molecule has 2 aromatic heterocycles. The summed E-state index contributed by atoms with van der Waals surface area (Å²) >= 11 is 0. The third kappa shape index (κ3) is 1.44. The lowest BCUT2D eigenvalue weighted by Gasteiger charge is -2.04. The highest BCUT2D eigenvalue weighted by Crippen LogP contribution is 2.20. The normalized spacial score (nSPS) is 11.0. The largest absolute Gasteiger partial charge is 0.433 e. The maximum absolute atomic E-state index is 11.9. The van der Waals surface area contributed by atoms with Gasteiger partial charge in [-0.05, 0) is 18.2 Å². The van der Waals surface area contributed by atoms with E-state index in [-0.39, 0.29) is 5.75 Å². The zero-order chi connectivity index (χ0) is 9.26. The second-order valence-electron chi connectivity index (χ2n) is 2.41. The van der Waals surface area contributed by atoms with Gasteiger partial charge in [-0.2, -0.15) is 13.9 Å². The van der Waals surface area contributed by atoms with Crippen LogP contribution in [-0.4, -0.2) is 16.2 Å². The van der Waals surface area contributed by atoms with Crippen LogP contribution in [0.3, 0.4) is 0 Å². The fourth-order valence-corrected chi connectivity index (χ4v) is 1.12. The molecule has 0 aliphatic heterocycles. The molecular weight excluding hydrogens is 178 g/mol. The second kappa shape index (κ2) is 3.01. The van der Waals surface area contributed by atoms with E-state index in [1.807, 2.05) is 0 Å². The Hall–Kier alpha value is -1.65. The van der Waals surface area contributed by atoms with Crippen molar-refractivity contribution in [2.75, 3.05) is 0 Å². The van der Waals surface area contributed by atoms with Gasteiger partial charge in [0, 0.05) is 6.20 Å². The summed E-state index contributed by atoms with van der Waals surface area (Å²) < 4.78 is 29.6. The van der Waals surface area contributed by atoms with Gasteiger partial charge in [0.25, 0.3) is 0 Å². The Morgan fingerprint density at radius 1 is 1.38 bits per heavy atom. The lowest BCUT2D eigenvalue weighted by Crippen LogP contribution is -2.03. The molecule has 0 radical (unpaired) electrons. The molecule has 13 heavy (non-hydrogen) atoms. The Morgan fingerprint density at radius 3 is 3.00 bits per heavy atom. The summed E-state index contributed by atoms with van der Waals surface area (Å²) in [5.74, 6) is 0.134. The molecule has 2 aromatic rings. The maximum atomic E-state index is 11.9. The fourth-order valence-electron chi connectivity index (χ4n) is 1.12.